The first-order valence-electron chi connectivity index (χ1n) is 5.17. The molecular formula is C12H15ClO4. The van der Waals surface area contributed by atoms with Crippen LogP contribution in [-0.2, 0) is 16.0 Å². The minimum Gasteiger partial charge on any atom is -0.495 e. The highest BCUT2D eigenvalue weighted by Gasteiger charge is 2.20. The molecular weight excluding hydrogens is 244 g/mol. The average Bonchev–Trinajstić information content (AvgIpc) is 2.35. The number of esters is 1. The molecule has 1 rings (SSSR count). The van der Waals surface area contributed by atoms with Crippen LogP contribution in [0.25, 0.3) is 0 Å². The van der Waals surface area contributed by atoms with Crippen molar-refractivity contribution in [3.8, 4) is 5.75 Å². The van der Waals surface area contributed by atoms with Gasteiger partial charge in [0.1, 0.15) is 5.75 Å². The summed E-state index contributed by atoms with van der Waals surface area (Å²) in [7, 11) is 2.74. The maximum Gasteiger partial charge on any atom is 0.339 e. The maximum absolute atomic E-state index is 11.2. The van der Waals surface area contributed by atoms with Gasteiger partial charge in [0, 0.05) is 0 Å². The van der Waals surface area contributed by atoms with E-state index in [1.54, 1.807) is 6.07 Å². The van der Waals surface area contributed by atoms with Crippen LogP contribution < -0.4 is 4.74 Å². The van der Waals surface area contributed by atoms with Crippen LogP contribution >= 0.6 is 11.6 Å². The summed E-state index contributed by atoms with van der Waals surface area (Å²) < 4.78 is 9.63. The molecule has 1 aromatic rings. The molecule has 0 heterocycles. The summed E-state index contributed by atoms with van der Waals surface area (Å²) >= 11 is 6.02. The number of halogens is 1. The van der Waals surface area contributed by atoms with Crippen molar-refractivity contribution in [2.75, 3.05) is 14.2 Å². The lowest BCUT2D eigenvalue weighted by Gasteiger charge is -2.14. The van der Waals surface area contributed by atoms with Gasteiger partial charge in [0.05, 0.1) is 19.2 Å². The molecule has 0 aliphatic heterocycles. The number of aliphatic hydroxyl groups excluding tert-OH is 1. The highest BCUT2D eigenvalue weighted by Crippen LogP contribution is 2.32. The van der Waals surface area contributed by atoms with Crippen molar-refractivity contribution in [1.29, 1.82) is 0 Å². The Morgan fingerprint density at radius 3 is 2.59 bits per heavy atom. The molecule has 0 aromatic heterocycles. The molecule has 0 aliphatic carbocycles. The molecule has 0 amide bonds. The molecule has 94 valence electrons. The van der Waals surface area contributed by atoms with Gasteiger partial charge in [-0.2, -0.15) is 0 Å². The van der Waals surface area contributed by atoms with Gasteiger partial charge in [-0.3, -0.25) is 0 Å². The minimum atomic E-state index is -1.33. The van der Waals surface area contributed by atoms with E-state index in [0.29, 0.717) is 22.8 Å². The van der Waals surface area contributed by atoms with Gasteiger partial charge < -0.3 is 14.6 Å². The Morgan fingerprint density at radius 1 is 1.47 bits per heavy atom. The van der Waals surface area contributed by atoms with E-state index >= 15 is 0 Å². The molecule has 0 saturated heterocycles. The largest absolute Gasteiger partial charge is 0.495 e. The van der Waals surface area contributed by atoms with Gasteiger partial charge in [0.25, 0.3) is 0 Å². The number of carbonyl (C=O) groups is 1. The first kappa shape index (κ1) is 13.8. The van der Waals surface area contributed by atoms with E-state index in [1.165, 1.54) is 20.3 Å². The maximum atomic E-state index is 11.2. The lowest BCUT2D eigenvalue weighted by atomic mass is 10.0. The number of carbonyl (C=O) groups excluding carboxylic acids is 1. The molecule has 1 unspecified atom stereocenters. The van der Waals surface area contributed by atoms with Gasteiger partial charge in [-0.1, -0.05) is 18.5 Å². The Balaban J connectivity index is 3.19. The van der Waals surface area contributed by atoms with Crippen LogP contribution in [0.15, 0.2) is 12.1 Å². The van der Waals surface area contributed by atoms with Gasteiger partial charge in [-0.05, 0) is 29.7 Å². The SMILES string of the molecule is CCc1cc(C(O)C(=O)OC)cc(Cl)c1OC. The summed E-state index contributed by atoms with van der Waals surface area (Å²) in [6.45, 7) is 1.93. The fourth-order valence-electron chi connectivity index (χ4n) is 1.57. The zero-order valence-electron chi connectivity index (χ0n) is 9.99. The molecule has 0 saturated carbocycles. The van der Waals surface area contributed by atoms with Gasteiger partial charge >= 0.3 is 5.97 Å². The topological polar surface area (TPSA) is 55.8 Å². The van der Waals surface area contributed by atoms with Crippen molar-refractivity contribution in [2.24, 2.45) is 0 Å². The Labute approximate surface area is 105 Å². The third kappa shape index (κ3) is 2.90. The number of methoxy groups -OCH3 is 2. The third-order valence-corrected chi connectivity index (χ3v) is 2.75. The summed E-state index contributed by atoms with van der Waals surface area (Å²) in [6.07, 6.45) is -0.640. The third-order valence-electron chi connectivity index (χ3n) is 2.47. The molecule has 0 bridgehead atoms. The Hall–Kier alpha value is -1.26. The number of rotatable bonds is 4. The number of hydrogen-bond donors (Lipinski definition) is 1. The molecule has 4 nitrogen and oxygen atoms in total. The van der Waals surface area contributed by atoms with Crippen molar-refractivity contribution in [3.63, 3.8) is 0 Å². The van der Waals surface area contributed by atoms with E-state index in [-0.39, 0.29) is 0 Å². The zero-order chi connectivity index (χ0) is 13.0. The van der Waals surface area contributed by atoms with Crippen molar-refractivity contribution in [3.05, 3.63) is 28.3 Å². The lowest BCUT2D eigenvalue weighted by Crippen LogP contribution is -2.14. The van der Waals surface area contributed by atoms with E-state index in [1.807, 2.05) is 6.92 Å². The van der Waals surface area contributed by atoms with Gasteiger partial charge in [0.15, 0.2) is 6.10 Å². The van der Waals surface area contributed by atoms with Crippen LogP contribution in [-0.4, -0.2) is 25.3 Å². The van der Waals surface area contributed by atoms with Crippen LogP contribution in [0.4, 0.5) is 0 Å². The Morgan fingerprint density at radius 2 is 2.12 bits per heavy atom. The first-order valence-corrected chi connectivity index (χ1v) is 5.55. The molecule has 0 radical (unpaired) electrons. The first-order chi connectivity index (χ1) is 8.04. The molecule has 0 aliphatic rings. The number of aryl methyl sites for hydroxylation is 1. The molecule has 1 atom stereocenters. The second kappa shape index (κ2) is 5.89. The normalized spacial score (nSPS) is 12.1. The van der Waals surface area contributed by atoms with Crippen LogP contribution in [0.1, 0.15) is 24.2 Å². The van der Waals surface area contributed by atoms with Crippen LogP contribution in [0.3, 0.4) is 0 Å². The standard InChI is InChI=1S/C12H15ClO4/c1-4-7-5-8(10(14)12(15)17-3)6-9(13)11(7)16-2/h5-6,10,14H,4H2,1-3H3. The summed E-state index contributed by atoms with van der Waals surface area (Å²) in [4.78, 5) is 11.2. The highest BCUT2D eigenvalue weighted by molar-refractivity contribution is 6.32. The fourth-order valence-corrected chi connectivity index (χ4v) is 1.89. The highest BCUT2D eigenvalue weighted by atomic mass is 35.5. The summed E-state index contributed by atoms with van der Waals surface area (Å²) in [5, 5.41) is 10.1. The van der Waals surface area contributed by atoms with Gasteiger partial charge in [0.2, 0.25) is 0 Å². The molecule has 1 aromatic carbocycles. The van der Waals surface area contributed by atoms with E-state index in [9.17, 15) is 9.90 Å². The van der Waals surface area contributed by atoms with Crippen molar-refractivity contribution in [2.45, 2.75) is 19.4 Å². The summed E-state index contributed by atoms with van der Waals surface area (Å²) in [5.74, 6) is -0.150. The van der Waals surface area contributed by atoms with Crippen LogP contribution in [0.5, 0.6) is 5.75 Å². The van der Waals surface area contributed by atoms with Crippen LogP contribution in [0.2, 0.25) is 5.02 Å². The Bertz CT molecular complexity index is 417. The van der Waals surface area contributed by atoms with Crippen molar-refractivity contribution >= 4 is 17.6 Å². The number of benzene rings is 1. The number of aliphatic hydroxyl groups is 1. The van der Waals surface area contributed by atoms with E-state index in [2.05, 4.69) is 4.74 Å². The van der Waals surface area contributed by atoms with Gasteiger partial charge in [-0.25, -0.2) is 4.79 Å². The Kier molecular flexibility index (Phi) is 4.78. The number of hydrogen-bond acceptors (Lipinski definition) is 4. The quantitative estimate of drug-likeness (QED) is 0.841. The lowest BCUT2D eigenvalue weighted by molar-refractivity contribution is -0.150. The summed E-state index contributed by atoms with van der Waals surface area (Å²) in [5.41, 5.74) is 1.23. The minimum absolute atomic E-state index is 0.366. The monoisotopic (exact) mass is 258 g/mol. The van der Waals surface area contributed by atoms with Crippen LogP contribution in [0, 0.1) is 0 Å². The predicted molar refractivity (Wildman–Crippen MR) is 64.4 cm³/mol. The second-order valence-corrected chi connectivity index (χ2v) is 3.88. The molecule has 5 heteroatoms. The van der Waals surface area contributed by atoms with E-state index < -0.39 is 12.1 Å². The molecule has 0 spiro atoms. The van der Waals surface area contributed by atoms with E-state index in [0.717, 1.165) is 5.56 Å². The fraction of sp³-hybridized carbons (Fsp3) is 0.417. The molecule has 0 fully saturated rings. The number of ether oxygens (including phenoxy) is 2. The molecule has 17 heavy (non-hydrogen) atoms. The average molecular weight is 259 g/mol. The van der Waals surface area contributed by atoms with Gasteiger partial charge in [-0.15, -0.1) is 0 Å². The second-order valence-electron chi connectivity index (χ2n) is 3.47. The van der Waals surface area contributed by atoms with E-state index in [4.69, 9.17) is 16.3 Å². The molecule has 1 N–H and O–H groups in total. The zero-order valence-corrected chi connectivity index (χ0v) is 10.7. The summed E-state index contributed by atoms with van der Waals surface area (Å²) in [6, 6.07) is 3.19. The van der Waals surface area contributed by atoms with Crippen molar-refractivity contribution < 1.29 is 19.4 Å². The van der Waals surface area contributed by atoms with Crippen molar-refractivity contribution in [1.82, 2.24) is 0 Å². The smallest absolute Gasteiger partial charge is 0.339 e. The predicted octanol–water partition coefficient (Wildman–Crippen LogP) is 2.12.